The number of fused-ring (bicyclic) bond motifs is 1. The molecule has 0 aromatic carbocycles. The fourth-order valence-corrected chi connectivity index (χ4v) is 6.56. The summed E-state index contributed by atoms with van der Waals surface area (Å²) in [5.74, 6) is 2.23. The monoisotopic (exact) mass is 394 g/mol. The van der Waals surface area contributed by atoms with Crippen LogP contribution in [-0.4, -0.2) is 68.9 Å². The molecule has 1 aromatic heterocycles. The molecule has 27 heavy (non-hydrogen) atoms. The van der Waals surface area contributed by atoms with Crippen LogP contribution in [-0.2, 0) is 16.3 Å². The van der Waals surface area contributed by atoms with Crippen molar-refractivity contribution in [1.29, 1.82) is 0 Å². The van der Waals surface area contributed by atoms with E-state index in [1.807, 2.05) is 4.90 Å². The summed E-state index contributed by atoms with van der Waals surface area (Å²) in [6.07, 6.45) is 6.77. The number of sulfone groups is 1. The standard InChI is InChI=1S/C20H30N2O4S/c1-3-4-18-17(5-8-26-18)19(23)22-11-15-9-21(10-16(15)12-22)13-20(6-7-20)14-27(2,24)25/h5,8,15-16H,3-4,6-7,9-14H2,1-2H3/t15-,16+. The van der Waals surface area contributed by atoms with Crippen molar-refractivity contribution in [2.45, 2.75) is 32.6 Å². The molecule has 0 unspecified atom stereocenters. The number of carbonyl (C=O) groups excluding carboxylic acids is 1. The van der Waals surface area contributed by atoms with Crippen molar-refractivity contribution in [1.82, 2.24) is 9.80 Å². The van der Waals surface area contributed by atoms with Crippen LogP contribution in [0.1, 0.15) is 42.3 Å². The minimum Gasteiger partial charge on any atom is -0.469 e. The maximum atomic E-state index is 12.9. The number of hydrogen-bond donors (Lipinski definition) is 0. The van der Waals surface area contributed by atoms with Crippen LogP contribution in [0, 0.1) is 17.3 Å². The zero-order valence-corrected chi connectivity index (χ0v) is 17.1. The van der Waals surface area contributed by atoms with E-state index in [0.29, 0.717) is 17.6 Å². The maximum Gasteiger partial charge on any atom is 0.257 e. The molecule has 1 saturated carbocycles. The Bertz CT molecular complexity index is 798. The van der Waals surface area contributed by atoms with Gasteiger partial charge in [-0.1, -0.05) is 6.92 Å². The topological polar surface area (TPSA) is 70.8 Å². The first kappa shape index (κ1) is 19.0. The smallest absolute Gasteiger partial charge is 0.257 e. The highest BCUT2D eigenvalue weighted by atomic mass is 32.2. The van der Waals surface area contributed by atoms with E-state index >= 15 is 0 Å². The average molecular weight is 395 g/mol. The first-order valence-electron chi connectivity index (χ1n) is 10.0. The van der Waals surface area contributed by atoms with Gasteiger partial charge in [-0.05, 0) is 42.6 Å². The zero-order valence-electron chi connectivity index (χ0n) is 16.3. The third kappa shape index (κ3) is 4.09. The van der Waals surface area contributed by atoms with Gasteiger partial charge in [-0.15, -0.1) is 0 Å². The van der Waals surface area contributed by atoms with Gasteiger partial charge < -0.3 is 14.2 Å². The number of nitrogens with zero attached hydrogens (tertiary/aromatic N) is 2. The third-order valence-electron chi connectivity index (χ3n) is 6.39. The molecule has 0 radical (unpaired) electrons. The van der Waals surface area contributed by atoms with Crippen LogP contribution < -0.4 is 0 Å². The van der Waals surface area contributed by atoms with Crippen LogP contribution in [0.5, 0.6) is 0 Å². The Balaban J connectivity index is 1.33. The lowest BCUT2D eigenvalue weighted by molar-refractivity contribution is 0.0770. The predicted octanol–water partition coefficient (Wildman–Crippen LogP) is 2.06. The molecule has 6 nitrogen and oxygen atoms in total. The Morgan fingerprint density at radius 3 is 2.44 bits per heavy atom. The second-order valence-electron chi connectivity index (χ2n) is 9.00. The van der Waals surface area contributed by atoms with Crippen molar-refractivity contribution in [3.63, 3.8) is 0 Å². The van der Waals surface area contributed by atoms with Crippen molar-refractivity contribution >= 4 is 15.7 Å². The second-order valence-corrected chi connectivity index (χ2v) is 11.1. The number of carbonyl (C=O) groups is 1. The maximum absolute atomic E-state index is 12.9. The number of hydrogen-bond acceptors (Lipinski definition) is 5. The number of aryl methyl sites for hydroxylation is 1. The number of amides is 1. The first-order valence-corrected chi connectivity index (χ1v) is 12.1. The molecule has 150 valence electrons. The largest absolute Gasteiger partial charge is 0.469 e. The second kappa shape index (κ2) is 6.92. The molecular weight excluding hydrogens is 364 g/mol. The minimum absolute atomic E-state index is 0.00638. The summed E-state index contributed by atoms with van der Waals surface area (Å²) in [7, 11) is -2.92. The normalized spacial score (nSPS) is 27.1. The van der Waals surface area contributed by atoms with Gasteiger partial charge in [0.15, 0.2) is 0 Å². The molecule has 4 rings (SSSR count). The first-order chi connectivity index (χ1) is 12.8. The van der Waals surface area contributed by atoms with E-state index < -0.39 is 9.84 Å². The van der Waals surface area contributed by atoms with Crippen LogP contribution in [0.2, 0.25) is 0 Å². The van der Waals surface area contributed by atoms with Gasteiger partial charge in [0.25, 0.3) is 5.91 Å². The molecular formula is C20H30N2O4S. The van der Waals surface area contributed by atoms with Crippen LogP contribution in [0.25, 0.3) is 0 Å². The summed E-state index contributed by atoms with van der Waals surface area (Å²) in [4.78, 5) is 17.3. The molecule has 0 spiro atoms. The van der Waals surface area contributed by atoms with Gasteiger partial charge in [-0.25, -0.2) is 8.42 Å². The molecule has 1 aliphatic carbocycles. The third-order valence-corrected chi connectivity index (χ3v) is 7.52. The van der Waals surface area contributed by atoms with E-state index in [1.165, 1.54) is 6.26 Å². The van der Waals surface area contributed by atoms with Gasteiger partial charge in [0.05, 0.1) is 17.6 Å². The van der Waals surface area contributed by atoms with Crippen LogP contribution >= 0.6 is 0 Å². The van der Waals surface area contributed by atoms with E-state index in [1.54, 1.807) is 12.3 Å². The quantitative estimate of drug-likeness (QED) is 0.708. The van der Waals surface area contributed by atoms with Gasteiger partial charge in [-0.2, -0.15) is 0 Å². The highest BCUT2D eigenvalue weighted by Crippen LogP contribution is 2.48. The van der Waals surface area contributed by atoms with Crippen molar-refractivity contribution in [2.75, 3.05) is 44.7 Å². The fraction of sp³-hybridized carbons (Fsp3) is 0.750. The van der Waals surface area contributed by atoms with Crippen molar-refractivity contribution in [2.24, 2.45) is 17.3 Å². The predicted molar refractivity (Wildman–Crippen MR) is 103 cm³/mol. The summed E-state index contributed by atoms with van der Waals surface area (Å²) in [5.41, 5.74) is 0.715. The fourth-order valence-electron chi connectivity index (χ4n) is 5.06. The molecule has 1 amide bonds. The summed E-state index contributed by atoms with van der Waals surface area (Å²) in [6.45, 7) is 6.54. The van der Waals surface area contributed by atoms with Crippen molar-refractivity contribution < 1.29 is 17.6 Å². The van der Waals surface area contributed by atoms with Gasteiger partial charge in [-0.3, -0.25) is 4.79 Å². The molecule has 2 saturated heterocycles. The Labute approximate surface area is 161 Å². The van der Waals surface area contributed by atoms with E-state index in [-0.39, 0.29) is 11.3 Å². The van der Waals surface area contributed by atoms with Crippen LogP contribution in [0.15, 0.2) is 16.7 Å². The van der Waals surface area contributed by atoms with Gasteiger partial charge >= 0.3 is 0 Å². The number of rotatable bonds is 7. The molecule has 1 aromatic rings. The lowest BCUT2D eigenvalue weighted by Crippen LogP contribution is -2.36. The van der Waals surface area contributed by atoms with Crippen molar-refractivity contribution in [3.05, 3.63) is 23.7 Å². The SMILES string of the molecule is CCCc1occc1C(=O)N1C[C@H]2CN(CC3(CS(C)(=O)=O)CC3)C[C@H]2C1. The molecule has 0 N–H and O–H groups in total. The van der Waals surface area contributed by atoms with Crippen LogP contribution in [0.3, 0.4) is 0 Å². The Morgan fingerprint density at radius 1 is 1.22 bits per heavy atom. The van der Waals surface area contributed by atoms with E-state index in [9.17, 15) is 13.2 Å². The van der Waals surface area contributed by atoms with E-state index in [4.69, 9.17) is 4.42 Å². The number of likely N-dealkylation sites (tertiary alicyclic amines) is 2. The highest BCUT2D eigenvalue weighted by molar-refractivity contribution is 7.90. The molecule has 7 heteroatoms. The molecule has 0 bridgehead atoms. The van der Waals surface area contributed by atoms with E-state index in [0.717, 1.165) is 69.7 Å². The molecule has 3 heterocycles. The summed E-state index contributed by atoms with van der Waals surface area (Å²) >= 11 is 0. The summed E-state index contributed by atoms with van der Waals surface area (Å²) < 4.78 is 28.9. The van der Waals surface area contributed by atoms with Crippen LogP contribution in [0.4, 0.5) is 0 Å². The Kier molecular flexibility index (Phi) is 4.87. The minimum atomic E-state index is -2.92. The highest BCUT2D eigenvalue weighted by Gasteiger charge is 2.49. The van der Waals surface area contributed by atoms with Gasteiger partial charge in [0.2, 0.25) is 0 Å². The lowest BCUT2D eigenvalue weighted by atomic mass is 10.0. The average Bonchev–Trinajstić information content (AvgIpc) is 2.92. The zero-order chi connectivity index (χ0) is 19.2. The van der Waals surface area contributed by atoms with Gasteiger partial charge in [0.1, 0.15) is 15.6 Å². The lowest BCUT2D eigenvalue weighted by Gasteiger charge is -2.25. The summed E-state index contributed by atoms with van der Waals surface area (Å²) in [5, 5.41) is 0. The number of furan rings is 1. The van der Waals surface area contributed by atoms with E-state index in [2.05, 4.69) is 11.8 Å². The molecule has 3 aliphatic rings. The Hall–Kier alpha value is -1.34. The summed E-state index contributed by atoms with van der Waals surface area (Å²) in [6, 6.07) is 1.80. The molecule has 2 aliphatic heterocycles. The van der Waals surface area contributed by atoms with Gasteiger partial charge in [0, 0.05) is 45.4 Å². The Morgan fingerprint density at radius 2 is 1.89 bits per heavy atom. The van der Waals surface area contributed by atoms with Crippen molar-refractivity contribution in [3.8, 4) is 0 Å². The molecule has 2 atom stereocenters. The molecule has 3 fully saturated rings.